The van der Waals surface area contributed by atoms with Gasteiger partial charge in [-0.1, -0.05) is 38.5 Å². The summed E-state index contributed by atoms with van der Waals surface area (Å²) in [5.41, 5.74) is 0. The average molecular weight is 395 g/mol. The number of carbonyl (C=O) groups is 1. The number of amides is 1. The second-order valence-electron chi connectivity index (χ2n) is 6.94. The zero-order valence-corrected chi connectivity index (χ0v) is 14.2. The SMILES string of the molecule is O.O=C(N(C1CCCCC1)C1CCCCC1)C(F)(F)C(F)(F)C(F)(F)F. The van der Waals surface area contributed by atoms with Crippen LogP contribution >= 0.6 is 0 Å². The Balaban J connectivity index is 0.00000338. The molecule has 0 heterocycles. The van der Waals surface area contributed by atoms with Crippen LogP contribution in [-0.4, -0.2) is 46.4 Å². The second-order valence-corrected chi connectivity index (χ2v) is 6.94. The van der Waals surface area contributed by atoms with Gasteiger partial charge in [-0.25, -0.2) is 0 Å². The van der Waals surface area contributed by atoms with E-state index in [4.69, 9.17) is 0 Å². The van der Waals surface area contributed by atoms with Crippen molar-refractivity contribution < 1.29 is 41.0 Å². The first-order valence-electron chi connectivity index (χ1n) is 8.65. The molecule has 1 amide bonds. The lowest BCUT2D eigenvalue weighted by Crippen LogP contribution is -2.63. The minimum Gasteiger partial charge on any atom is -0.412 e. The van der Waals surface area contributed by atoms with Crippen LogP contribution in [0.1, 0.15) is 64.2 Å². The van der Waals surface area contributed by atoms with E-state index in [1.54, 1.807) is 0 Å². The van der Waals surface area contributed by atoms with Crippen LogP contribution in [0.4, 0.5) is 30.7 Å². The monoisotopic (exact) mass is 395 g/mol. The van der Waals surface area contributed by atoms with Crippen LogP contribution in [0.25, 0.3) is 0 Å². The summed E-state index contributed by atoms with van der Waals surface area (Å²) in [4.78, 5) is 12.9. The number of hydrogen-bond donors (Lipinski definition) is 0. The van der Waals surface area contributed by atoms with E-state index in [0.717, 1.165) is 12.8 Å². The molecule has 0 bridgehead atoms. The molecule has 154 valence electrons. The normalized spacial score (nSPS) is 21.2. The van der Waals surface area contributed by atoms with Crippen molar-refractivity contribution in [1.82, 2.24) is 4.90 Å². The third-order valence-electron chi connectivity index (χ3n) is 5.19. The van der Waals surface area contributed by atoms with Gasteiger partial charge in [0.2, 0.25) is 0 Å². The molecule has 2 rings (SSSR count). The molecule has 0 saturated heterocycles. The largest absolute Gasteiger partial charge is 0.460 e. The maximum atomic E-state index is 14.0. The Morgan fingerprint density at radius 3 is 1.35 bits per heavy atom. The molecule has 0 aliphatic heterocycles. The van der Waals surface area contributed by atoms with Gasteiger partial charge in [-0.3, -0.25) is 4.79 Å². The van der Waals surface area contributed by atoms with Crippen molar-refractivity contribution in [3.05, 3.63) is 0 Å². The standard InChI is InChI=1S/C16H22F7NO.H2O/c17-14(18,15(19,20)16(21,22)23)13(25)24(11-7-3-1-4-8-11)12-9-5-2-6-10-12;/h11-12H,1-10H2;1H2. The summed E-state index contributed by atoms with van der Waals surface area (Å²) in [5, 5.41) is 0. The predicted octanol–water partition coefficient (Wildman–Crippen LogP) is 4.49. The molecule has 0 spiro atoms. The van der Waals surface area contributed by atoms with Gasteiger partial charge in [0, 0.05) is 12.1 Å². The number of nitrogens with zero attached hydrogens (tertiary/aromatic N) is 1. The molecular weight excluding hydrogens is 371 g/mol. The Kier molecular flexibility index (Phi) is 7.34. The second kappa shape index (κ2) is 8.31. The molecular formula is C16H24F7NO2. The minimum atomic E-state index is -6.49. The third kappa shape index (κ3) is 4.26. The quantitative estimate of drug-likeness (QED) is 0.647. The molecule has 2 aliphatic carbocycles. The van der Waals surface area contributed by atoms with Crippen LogP contribution in [0, 0.1) is 0 Å². The Morgan fingerprint density at radius 2 is 1.04 bits per heavy atom. The van der Waals surface area contributed by atoms with Crippen molar-refractivity contribution in [2.45, 2.75) is 94.3 Å². The molecule has 0 radical (unpaired) electrons. The third-order valence-corrected chi connectivity index (χ3v) is 5.19. The van der Waals surface area contributed by atoms with E-state index in [1.807, 2.05) is 0 Å². The van der Waals surface area contributed by atoms with E-state index < -0.39 is 36.0 Å². The molecule has 2 N–H and O–H groups in total. The lowest BCUT2D eigenvalue weighted by atomic mass is 9.88. The molecule has 0 atom stereocenters. The highest BCUT2D eigenvalue weighted by molar-refractivity contribution is 5.85. The van der Waals surface area contributed by atoms with Crippen molar-refractivity contribution in [3.63, 3.8) is 0 Å². The molecule has 0 aromatic heterocycles. The van der Waals surface area contributed by atoms with Gasteiger partial charge < -0.3 is 10.4 Å². The molecule has 10 heteroatoms. The first kappa shape index (κ1) is 23.0. The lowest BCUT2D eigenvalue weighted by Gasteiger charge is -2.43. The highest BCUT2D eigenvalue weighted by Gasteiger charge is 2.77. The zero-order valence-electron chi connectivity index (χ0n) is 14.2. The highest BCUT2D eigenvalue weighted by atomic mass is 19.4. The van der Waals surface area contributed by atoms with Gasteiger partial charge in [-0.2, -0.15) is 30.7 Å². The number of carbonyl (C=O) groups excluding carboxylic acids is 1. The fourth-order valence-corrected chi connectivity index (χ4v) is 3.82. The summed E-state index contributed by atoms with van der Waals surface area (Å²) in [6, 6.07) is -1.39. The van der Waals surface area contributed by atoms with Gasteiger partial charge in [0.05, 0.1) is 0 Å². The maximum absolute atomic E-state index is 14.0. The van der Waals surface area contributed by atoms with E-state index in [0.29, 0.717) is 56.3 Å². The molecule has 0 aromatic rings. The molecule has 2 saturated carbocycles. The fraction of sp³-hybridized carbons (Fsp3) is 0.938. The number of halogens is 7. The summed E-state index contributed by atoms with van der Waals surface area (Å²) in [6.45, 7) is 0. The number of rotatable bonds is 4. The Bertz CT molecular complexity index is 452. The fourth-order valence-electron chi connectivity index (χ4n) is 3.82. The summed E-state index contributed by atoms with van der Waals surface area (Å²) >= 11 is 0. The summed E-state index contributed by atoms with van der Waals surface area (Å²) in [7, 11) is 0. The molecule has 3 nitrogen and oxygen atoms in total. The topological polar surface area (TPSA) is 51.8 Å². The van der Waals surface area contributed by atoms with Crippen molar-refractivity contribution in [2.75, 3.05) is 0 Å². The number of hydrogen-bond acceptors (Lipinski definition) is 1. The van der Waals surface area contributed by atoms with Gasteiger partial charge in [0.25, 0.3) is 0 Å². The van der Waals surface area contributed by atoms with Gasteiger partial charge in [-0.15, -0.1) is 0 Å². The van der Waals surface area contributed by atoms with Crippen molar-refractivity contribution in [1.29, 1.82) is 0 Å². The molecule has 0 unspecified atom stereocenters. The van der Waals surface area contributed by atoms with E-state index in [9.17, 15) is 35.5 Å². The van der Waals surface area contributed by atoms with Crippen LogP contribution in [0.3, 0.4) is 0 Å². The maximum Gasteiger partial charge on any atom is 0.460 e. The molecule has 2 fully saturated rings. The van der Waals surface area contributed by atoms with E-state index in [-0.39, 0.29) is 5.48 Å². The highest BCUT2D eigenvalue weighted by Crippen LogP contribution is 2.48. The lowest BCUT2D eigenvalue weighted by molar-refractivity contribution is -0.346. The molecule has 0 aromatic carbocycles. The Labute approximate surface area is 147 Å². The first-order chi connectivity index (χ1) is 11.5. The van der Waals surface area contributed by atoms with E-state index in [1.165, 1.54) is 0 Å². The Morgan fingerprint density at radius 1 is 0.692 bits per heavy atom. The van der Waals surface area contributed by atoms with Crippen LogP contribution < -0.4 is 0 Å². The summed E-state index contributed by atoms with van der Waals surface area (Å²) in [6.07, 6.45) is -0.833. The van der Waals surface area contributed by atoms with Gasteiger partial charge in [0.1, 0.15) is 0 Å². The van der Waals surface area contributed by atoms with Crippen LogP contribution in [0.5, 0.6) is 0 Å². The summed E-state index contributed by atoms with van der Waals surface area (Å²) < 4.78 is 92.0. The average Bonchev–Trinajstić information content (AvgIpc) is 2.55. The molecule has 26 heavy (non-hydrogen) atoms. The smallest absolute Gasteiger partial charge is 0.412 e. The first-order valence-corrected chi connectivity index (χ1v) is 8.65. The van der Waals surface area contributed by atoms with Gasteiger partial charge in [0.15, 0.2) is 0 Å². The number of alkyl halides is 7. The minimum absolute atomic E-state index is 0. The van der Waals surface area contributed by atoms with Crippen molar-refractivity contribution >= 4 is 5.91 Å². The van der Waals surface area contributed by atoms with Crippen LogP contribution in [0.2, 0.25) is 0 Å². The zero-order chi connectivity index (χ0) is 18.9. The van der Waals surface area contributed by atoms with Crippen molar-refractivity contribution in [2.24, 2.45) is 0 Å². The van der Waals surface area contributed by atoms with Gasteiger partial charge >= 0.3 is 23.9 Å². The predicted molar refractivity (Wildman–Crippen MR) is 80.2 cm³/mol. The summed E-state index contributed by atoms with van der Waals surface area (Å²) in [5.74, 6) is -14.6. The van der Waals surface area contributed by atoms with Crippen molar-refractivity contribution in [3.8, 4) is 0 Å². The van der Waals surface area contributed by atoms with Crippen LogP contribution in [-0.2, 0) is 4.79 Å². The van der Waals surface area contributed by atoms with E-state index in [2.05, 4.69) is 0 Å². The molecule has 2 aliphatic rings. The van der Waals surface area contributed by atoms with Gasteiger partial charge in [-0.05, 0) is 25.7 Å². The van der Waals surface area contributed by atoms with Crippen LogP contribution in [0.15, 0.2) is 0 Å². The van der Waals surface area contributed by atoms with E-state index >= 15 is 0 Å². The Hall–Kier alpha value is -1.06.